The predicted octanol–water partition coefficient (Wildman–Crippen LogP) is 4.80. The number of nitrogens with zero attached hydrogens (tertiary/aromatic N) is 4. The number of aromatic nitrogens is 3. The van der Waals surface area contributed by atoms with Gasteiger partial charge >= 0.3 is 0 Å². The summed E-state index contributed by atoms with van der Waals surface area (Å²) in [5, 5.41) is 22.6. The molecule has 0 spiro atoms. The number of rotatable bonds is 4. The third-order valence-corrected chi connectivity index (χ3v) is 5.76. The lowest BCUT2D eigenvalue weighted by molar-refractivity contribution is 0.632. The number of pyridine rings is 1. The Morgan fingerprint density at radius 2 is 1.91 bits per heavy atom. The molecule has 0 saturated carbocycles. The van der Waals surface area contributed by atoms with Crippen molar-refractivity contribution in [3.8, 4) is 17.2 Å². The Bertz CT molecular complexity index is 1450. The van der Waals surface area contributed by atoms with Crippen molar-refractivity contribution in [2.24, 2.45) is 7.05 Å². The number of nitriles is 1. The monoisotopic (exact) mass is 427 g/mol. The summed E-state index contributed by atoms with van der Waals surface area (Å²) in [5.41, 5.74) is 3.91. The van der Waals surface area contributed by atoms with Crippen LogP contribution >= 0.6 is 0 Å². The molecule has 0 radical (unpaired) electrons. The van der Waals surface area contributed by atoms with E-state index >= 15 is 4.39 Å². The van der Waals surface area contributed by atoms with Gasteiger partial charge in [0.1, 0.15) is 5.82 Å². The quantitative estimate of drug-likeness (QED) is 0.506. The van der Waals surface area contributed by atoms with E-state index in [0.29, 0.717) is 33.6 Å². The molecule has 0 saturated heterocycles. The Morgan fingerprint density at radius 3 is 2.62 bits per heavy atom. The van der Waals surface area contributed by atoms with Gasteiger partial charge in [-0.25, -0.2) is 4.39 Å². The zero-order valence-corrected chi connectivity index (χ0v) is 18.3. The first-order valence-corrected chi connectivity index (χ1v) is 10.2. The van der Waals surface area contributed by atoms with Crippen LogP contribution < -0.4 is 10.9 Å². The molecule has 0 bridgehead atoms. The molecule has 6 nitrogen and oxygen atoms in total. The van der Waals surface area contributed by atoms with E-state index in [9.17, 15) is 10.1 Å². The number of benzene rings is 2. The first-order chi connectivity index (χ1) is 15.3. The van der Waals surface area contributed by atoms with Crippen LogP contribution in [0.15, 0.2) is 53.5 Å². The molecule has 0 aliphatic carbocycles. The zero-order valence-electron chi connectivity index (χ0n) is 18.3. The predicted molar refractivity (Wildman–Crippen MR) is 123 cm³/mol. The van der Waals surface area contributed by atoms with Crippen LogP contribution in [0.5, 0.6) is 0 Å². The van der Waals surface area contributed by atoms with Crippen molar-refractivity contribution in [3.05, 3.63) is 87.2 Å². The number of halogens is 1. The molecule has 0 unspecified atom stereocenters. The van der Waals surface area contributed by atoms with Gasteiger partial charge in [0.25, 0.3) is 0 Å². The maximum Gasteiger partial charge on any atom is 0.250 e. The highest BCUT2D eigenvalue weighted by Gasteiger charge is 2.17. The third kappa shape index (κ3) is 3.71. The van der Waals surface area contributed by atoms with Gasteiger partial charge in [0.15, 0.2) is 5.82 Å². The number of hydrogen-bond acceptors (Lipinski definition) is 5. The molecule has 1 N–H and O–H groups in total. The van der Waals surface area contributed by atoms with Crippen LogP contribution in [-0.2, 0) is 7.05 Å². The minimum absolute atomic E-state index is 0.158. The van der Waals surface area contributed by atoms with E-state index in [1.165, 1.54) is 16.7 Å². The summed E-state index contributed by atoms with van der Waals surface area (Å²) in [4.78, 5) is 11.7. The Morgan fingerprint density at radius 1 is 1.12 bits per heavy atom. The summed E-state index contributed by atoms with van der Waals surface area (Å²) in [7, 11) is 1.63. The number of nitrogens with one attached hydrogen (secondary N) is 1. The average Bonchev–Trinajstić information content (AvgIpc) is 2.77. The lowest BCUT2D eigenvalue weighted by atomic mass is 9.97. The Labute approximate surface area is 185 Å². The smallest absolute Gasteiger partial charge is 0.250 e. The van der Waals surface area contributed by atoms with E-state index in [-0.39, 0.29) is 11.6 Å². The molecule has 2 heterocycles. The molecule has 0 aliphatic heterocycles. The molecule has 32 heavy (non-hydrogen) atoms. The van der Waals surface area contributed by atoms with E-state index in [1.54, 1.807) is 38.4 Å². The molecule has 0 fully saturated rings. The van der Waals surface area contributed by atoms with Gasteiger partial charge in [-0.2, -0.15) is 10.4 Å². The van der Waals surface area contributed by atoms with Gasteiger partial charge in [0.2, 0.25) is 5.56 Å². The van der Waals surface area contributed by atoms with Crippen LogP contribution in [0.3, 0.4) is 0 Å². The van der Waals surface area contributed by atoms with E-state index < -0.39 is 5.82 Å². The van der Waals surface area contributed by atoms with Crippen molar-refractivity contribution < 1.29 is 4.39 Å². The highest BCUT2D eigenvalue weighted by atomic mass is 19.1. The van der Waals surface area contributed by atoms with Gasteiger partial charge in [-0.3, -0.25) is 4.79 Å². The summed E-state index contributed by atoms with van der Waals surface area (Å²) < 4.78 is 16.4. The van der Waals surface area contributed by atoms with Crippen LogP contribution in [0, 0.1) is 31.0 Å². The molecular weight excluding hydrogens is 405 g/mol. The second-order valence-corrected chi connectivity index (χ2v) is 7.88. The normalized spacial score (nSPS) is 11.9. The van der Waals surface area contributed by atoms with Crippen LogP contribution in [0.2, 0.25) is 0 Å². The summed E-state index contributed by atoms with van der Waals surface area (Å²) >= 11 is 0. The molecule has 0 amide bonds. The van der Waals surface area contributed by atoms with E-state index in [0.717, 1.165) is 16.5 Å². The molecule has 7 heteroatoms. The maximum atomic E-state index is 15.0. The number of anilines is 1. The third-order valence-electron chi connectivity index (χ3n) is 5.76. The zero-order chi connectivity index (χ0) is 23.0. The lowest BCUT2D eigenvalue weighted by Gasteiger charge is -2.19. The van der Waals surface area contributed by atoms with Crippen LogP contribution in [0.25, 0.3) is 21.9 Å². The van der Waals surface area contributed by atoms with Crippen molar-refractivity contribution >= 4 is 16.6 Å². The van der Waals surface area contributed by atoms with Gasteiger partial charge in [-0.1, -0.05) is 12.1 Å². The van der Waals surface area contributed by atoms with Crippen molar-refractivity contribution in [1.29, 1.82) is 5.26 Å². The lowest BCUT2D eigenvalue weighted by Crippen LogP contribution is -2.14. The van der Waals surface area contributed by atoms with Crippen molar-refractivity contribution in [3.63, 3.8) is 0 Å². The number of hydrogen-bond donors (Lipinski definition) is 1. The standard InChI is InChI=1S/C25H22FN5O/c1-14-17(12-27)6-5-7-19(14)15(2)28-25-22-10-21(18-8-9-24(32)31(4)13-18)23(26)11-20(22)16(3)29-30-25/h5-11,13,15H,1-4H3,(H,28,30)/t15-/m1/s1. The fourth-order valence-corrected chi connectivity index (χ4v) is 3.91. The summed E-state index contributed by atoms with van der Waals surface area (Å²) in [6.07, 6.45) is 1.61. The molecule has 4 rings (SSSR count). The highest BCUT2D eigenvalue weighted by molar-refractivity contribution is 5.96. The molecule has 4 aromatic rings. The van der Waals surface area contributed by atoms with E-state index in [4.69, 9.17) is 0 Å². The van der Waals surface area contributed by atoms with E-state index in [2.05, 4.69) is 21.6 Å². The first-order valence-electron chi connectivity index (χ1n) is 10.2. The van der Waals surface area contributed by atoms with Crippen molar-refractivity contribution in [2.45, 2.75) is 26.8 Å². The highest BCUT2D eigenvalue weighted by Crippen LogP contribution is 2.33. The number of aryl methyl sites for hydroxylation is 2. The molecule has 2 aromatic heterocycles. The largest absolute Gasteiger partial charge is 0.362 e. The van der Waals surface area contributed by atoms with Crippen LogP contribution in [0.1, 0.15) is 35.3 Å². The van der Waals surface area contributed by atoms with Gasteiger partial charge in [0, 0.05) is 41.2 Å². The van der Waals surface area contributed by atoms with Gasteiger partial charge < -0.3 is 9.88 Å². The van der Waals surface area contributed by atoms with Crippen molar-refractivity contribution in [1.82, 2.24) is 14.8 Å². The summed E-state index contributed by atoms with van der Waals surface area (Å²) in [6.45, 7) is 5.68. The molecule has 1 atom stereocenters. The van der Waals surface area contributed by atoms with Gasteiger partial charge in [-0.05, 0) is 56.2 Å². The van der Waals surface area contributed by atoms with Crippen molar-refractivity contribution in [2.75, 3.05) is 5.32 Å². The van der Waals surface area contributed by atoms with Crippen LogP contribution in [-0.4, -0.2) is 14.8 Å². The van der Waals surface area contributed by atoms with Gasteiger partial charge in [0.05, 0.1) is 23.4 Å². The SMILES string of the molecule is Cc1c(C#N)cccc1[C@@H](C)Nc1nnc(C)c2cc(F)c(-c3ccc(=O)n(C)c3)cc12. The second kappa shape index (κ2) is 8.23. The first kappa shape index (κ1) is 21.2. The fraction of sp³-hybridized carbons (Fsp3) is 0.200. The average molecular weight is 427 g/mol. The minimum Gasteiger partial charge on any atom is -0.362 e. The topological polar surface area (TPSA) is 83.6 Å². The molecular formula is C25H22FN5O. The molecule has 2 aromatic carbocycles. The van der Waals surface area contributed by atoms with Crippen LogP contribution in [0.4, 0.5) is 10.2 Å². The number of fused-ring (bicyclic) bond motifs is 1. The molecule has 0 aliphatic rings. The fourth-order valence-electron chi connectivity index (χ4n) is 3.91. The van der Waals surface area contributed by atoms with E-state index in [1.807, 2.05) is 26.0 Å². The Hall–Kier alpha value is -4.05. The second-order valence-electron chi connectivity index (χ2n) is 7.88. The molecule has 160 valence electrons. The summed E-state index contributed by atoms with van der Waals surface area (Å²) in [5.74, 6) is 0.120. The van der Waals surface area contributed by atoms with Gasteiger partial charge in [-0.15, -0.1) is 5.10 Å². The Kier molecular flexibility index (Phi) is 5.45. The summed E-state index contributed by atoms with van der Waals surface area (Å²) in [6, 6.07) is 13.9. The minimum atomic E-state index is -0.399. The maximum absolute atomic E-state index is 15.0. The Balaban J connectivity index is 1.83.